The van der Waals surface area contributed by atoms with Crippen molar-refractivity contribution in [2.45, 2.75) is 45.7 Å². The van der Waals surface area contributed by atoms with Gasteiger partial charge in [-0.1, -0.05) is 13.8 Å². The van der Waals surface area contributed by atoms with Gasteiger partial charge in [0.2, 0.25) is 11.9 Å². The Morgan fingerprint density at radius 3 is 2.70 bits per heavy atom. The molecule has 0 aromatic carbocycles. The molecule has 7 heteroatoms. The topological polar surface area (TPSA) is 90.4 Å². The summed E-state index contributed by atoms with van der Waals surface area (Å²) in [7, 11) is 1.91. The van der Waals surface area contributed by atoms with Gasteiger partial charge >= 0.3 is 0 Å². The molecule has 1 fully saturated rings. The number of aryl methyl sites for hydroxylation is 1. The summed E-state index contributed by atoms with van der Waals surface area (Å²) in [6.07, 6.45) is 1.88. The number of fused-ring (bicyclic) bond motifs is 1. The lowest BCUT2D eigenvalue weighted by Gasteiger charge is -2.38. The Morgan fingerprint density at radius 1 is 1.39 bits per heavy atom. The van der Waals surface area contributed by atoms with Crippen molar-refractivity contribution in [2.75, 3.05) is 29.2 Å². The first-order valence-electron chi connectivity index (χ1n) is 8.20. The molecule has 0 bridgehead atoms. The van der Waals surface area contributed by atoms with Gasteiger partial charge < -0.3 is 20.6 Å². The van der Waals surface area contributed by atoms with Gasteiger partial charge in [-0.25, -0.2) is 4.98 Å². The molecule has 126 valence electrons. The molecular formula is C16H25N5O2. The predicted octanol–water partition coefficient (Wildman–Crippen LogP) is 1.38. The van der Waals surface area contributed by atoms with Crippen LogP contribution < -0.4 is 15.5 Å². The number of rotatable bonds is 4. The molecule has 1 aliphatic carbocycles. The second-order valence-corrected chi connectivity index (χ2v) is 6.98. The molecule has 1 aliphatic heterocycles. The second kappa shape index (κ2) is 5.96. The van der Waals surface area contributed by atoms with Crippen LogP contribution in [0, 0.1) is 18.8 Å². The quantitative estimate of drug-likeness (QED) is 0.777. The monoisotopic (exact) mass is 319 g/mol. The molecule has 1 aromatic heterocycles. The molecule has 3 N–H and O–H groups in total. The van der Waals surface area contributed by atoms with Crippen LogP contribution in [0.15, 0.2) is 0 Å². The molecule has 1 amide bonds. The molecule has 3 rings (SSSR count). The molecule has 0 unspecified atom stereocenters. The van der Waals surface area contributed by atoms with Gasteiger partial charge in [-0.2, -0.15) is 4.98 Å². The minimum atomic E-state index is -0.230. The second-order valence-electron chi connectivity index (χ2n) is 6.98. The molecule has 1 atom stereocenters. The van der Waals surface area contributed by atoms with Crippen molar-refractivity contribution in [3.8, 4) is 0 Å². The molecule has 7 nitrogen and oxygen atoms in total. The van der Waals surface area contributed by atoms with E-state index in [0.29, 0.717) is 23.6 Å². The molecule has 23 heavy (non-hydrogen) atoms. The minimum absolute atomic E-state index is 0.00723. The molecule has 2 heterocycles. The van der Waals surface area contributed by atoms with Gasteiger partial charge in [0.15, 0.2) is 5.82 Å². The number of aliphatic hydroxyl groups is 1. The summed E-state index contributed by atoms with van der Waals surface area (Å²) in [5.41, 5.74) is 1.46. The number of nitrogens with one attached hydrogen (secondary N) is 2. The maximum Gasteiger partial charge on any atom is 0.247 e. The summed E-state index contributed by atoms with van der Waals surface area (Å²) < 4.78 is 0. The molecule has 2 aliphatic rings. The van der Waals surface area contributed by atoms with E-state index in [9.17, 15) is 4.79 Å². The van der Waals surface area contributed by atoms with Crippen LogP contribution in [0.2, 0.25) is 0 Å². The average Bonchev–Trinajstić information content (AvgIpc) is 2.43. The zero-order valence-electron chi connectivity index (χ0n) is 14.1. The van der Waals surface area contributed by atoms with Crippen LogP contribution >= 0.6 is 0 Å². The van der Waals surface area contributed by atoms with E-state index < -0.39 is 0 Å². The van der Waals surface area contributed by atoms with Crippen LogP contribution in [0.4, 0.5) is 17.5 Å². The molecule has 1 saturated carbocycles. The Hall–Kier alpha value is -1.89. The van der Waals surface area contributed by atoms with Crippen LogP contribution in [0.5, 0.6) is 0 Å². The van der Waals surface area contributed by atoms with Crippen molar-refractivity contribution in [1.82, 2.24) is 9.97 Å². The lowest BCUT2D eigenvalue weighted by molar-refractivity contribution is -0.118. The van der Waals surface area contributed by atoms with Crippen molar-refractivity contribution in [2.24, 2.45) is 11.8 Å². The summed E-state index contributed by atoms with van der Waals surface area (Å²) in [5.74, 6) is 1.92. The van der Waals surface area contributed by atoms with E-state index in [2.05, 4.69) is 20.6 Å². The van der Waals surface area contributed by atoms with Gasteiger partial charge in [0.1, 0.15) is 11.7 Å². The number of aromatic nitrogens is 2. The van der Waals surface area contributed by atoms with Crippen molar-refractivity contribution < 1.29 is 9.90 Å². The summed E-state index contributed by atoms with van der Waals surface area (Å²) >= 11 is 0. The number of hydrogen-bond donors (Lipinski definition) is 3. The van der Waals surface area contributed by atoms with Gasteiger partial charge in [0.25, 0.3) is 0 Å². The number of hydrogen-bond acceptors (Lipinski definition) is 6. The van der Waals surface area contributed by atoms with Gasteiger partial charge in [-0.3, -0.25) is 4.79 Å². The van der Waals surface area contributed by atoms with Crippen LogP contribution in [-0.4, -0.2) is 46.7 Å². The van der Waals surface area contributed by atoms with E-state index in [4.69, 9.17) is 5.11 Å². The highest BCUT2D eigenvalue weighted by Gasteiger charge is 2.36. The molecule has 0 spiro atoms. The number of amides is 1. The van der Waals surface area contributed by atoms with Gasteiger partial charge in [-0.15, -0.1) is 0 Å². The maximum atomic E-state index is 12.3. The summed E-state index contributed by atoms with van der Waals surface area (Å²) in [5, 5.41) is 15.4. The van der Waals surface area contributed by atoms with Crippen LogP contribution in [0.1, 0.15) is 32.4 Å². The number of anilines is 3. The van der Waals surface area contributed by atoms with Crippen LogP contribution in [0.25, 0.3) is 0 Å². The highest BCUT2D eigenvalue weighted by Crippen LogP contribution is 2.35. The van der Waals surface area contributed by atoms with E-state index in [0.717, 1.165) is 24.4 Å². The average molecular weight is 319 g/mol. The minimum Gasteiger partial charge on any atom is -0.396 e. The third-order valence-corrected chi connectivity index (χ3v) is 4.80. The Morgan fingerprint density at radius 2 is 2.09 bits per heavy atom. The van der Waals surface area contributed by atoms with E-state index in [-0.39, 0.29) is 24.5 Å². The summed E-state index contributed by atoms with van der Waals surface area (Å²) in [4.78, 5) is 23.3. The highest BCUT2D eigenvalue weighted by molar-refractivity contribution is 6.03. The first-order valence-corrected chi connectivity index (χ1v) is 8.20. The SMILES string of the molecule is Cc1nc(NC2CC(CO)C2)nc2c1NC(=O)[C@H](C(C)C)N2C. The van der Waals surface area contributed by atoms with Gasteiger partial charge in [-0.05, 0) is 31.6 Å². The van der Waals surface area contributed by atoms with Crippen LogP contribution in [-0.2, 0) is 4.79 Å². The summed E-state index contributed by atoms with van der Waals surface area (Å²) in [6.45, 7) is 6.19. The van der Waals surface area contributed by atoms with Crippen molar-refractivity contribution in [3.63, 3.8) is 0 Å². The Bertz CT molecular complexity index is 613. The number of likely N-dealkylation sites (N-methyl/N-ethyl adjacent to an activating group) is 1. The number of nitrogens with zero attached hydrogens (tertiary/aromatic N) is 3. The van der Waals surface area contributed by atoms with Gasteiger partial charge in [0, 0.05) is 19.7 Å². The fourth-order valence-electron chi connectivity index (χ4n) is 3.46. The molecule has 1 aromatic rings. The van der Waals surface area contributed by atoms with E-state index in [1.54, 1.807) is 0 Å². The van der Waals surface area contributed by atoms with E-state index in [1.165, 1.54) is 0 Å². The predicted molar refractivity (Wildman–Crippen MR) is 89.6 cm³/mol. The lowest BCUT2D eigenvalue weighted by atomic mass is 9.81. The largest absolute Gasteiger partial charge is 0.396 e. The molecular weight excluding hydrogens is 294 g/mol. The lowest BCUT2D eigenvalue weighted by Crippen LogP contribution is -2.50. The van der Waals surface area contributed by atoms with Crippen LogP contribution in [0.3, 0.4) is 0 Å². The maximum absolute atomic E-state index is 12.3. The number of carbonyl (C=O) groups excluding carboxylic acids is 1. The zero-order valence-corrected chi connectivity index (χ0v) is 14.1. The van der Waals surface area contributed by atoms with Gasteiger partial charge in [0.05, 0.1) is 5.69 Å². The number of aliphatic hydroxyl groups excluding tert-OH is 1. The third-order valence-electron chi connectivity index (χ3n) is 4.80. The Kier molecular flexibility index (Phi) is 4.14. The van der Waals surface area contributed by atoms with Crippen molar-refractivity contribution >= 4 is 23.4 Å². The first kappa shape index (κ1) is 16.0. The number of carbonyl (C=O) groups is 1. The van der Waals surface area contributed by atoms with E-state index in [1.807, 2.05) is 32.7 Å². The van der Waals surface area contributed by atoms with Crippen molar-refractivity contribution in [3.05, 3.63) is 5.69 Å². The highest BCUT2D eigenvalue weighted by atomic mass is 16.3. The fourth-order valence-corrected chi connectivity index (χ4v) is 3.46. The van der Waals surface area contributed by atoms with E-state index >= 15 is 0 Å². The third kappa shape index (κ3) is 2.85. The Labute approximate surface area is 136 Å². The summed E-state index contributed by atoms with van der Waals surface area (Å²) in [6, 6.07) is 0.0844. The van der Waals surface area contributed by atoms with Crippen molar-refractivity contribution in [1.29, 1.82) is 0 Å². The normalized spacial score (nSPS) is 26.6. The smallest absolute Gasteiger partial charge is 0.247 e. The zero-order chi connectivity index (χ0) is 16.7. The molecule has 0 saturated heterocycles. The fraction of sp³-hybridized carbons (Fsp3) is 0.688. The molecule has 0 radical (unpaired) electrons. The Balaban J connectivity index is 1.84. The first-order chi connectivity index (χ1) is 10.9. The standard InChI is InChI=1S/C16H25N5O2/c1-8(2)13-15(23)19-12-9(3)17-16(20-14(12)21(13)4)18-11-5-10(6-11)7-22/h8,10-11,13,22H,5-7H2,1-4H3,(H,19,23)(H,17,18,20)/t10?,11?,13-/m0/s1.